The van der Waals surface area contributed by atoms with E-state index in [0.717, 1.165) is 24.8 Å². The quantitative estimate of drug-likeness (QED) is 0.106. The number of benzene rings is 3. The van der Waals surface area contributed by atoms with Crippen molar-refractivity contribution in [2.45, 2.75) is 58.3 Å². The Morgan fingerprint density at radius 2 is 1.68 bits per heavy atom. The third-order valence-corrected chi connectivity index (χ3v) is 7.67. The van der Waals surface area contributed by atoms with Crippen molar-refractivity contribution in [2.24, 2.45) is 5.73 Å². The number of nitrogens with two attached hydrogens (primary N) is 1. The molecule has 2 N–H and O–H groups in total. The lowest BCUT2D eigenvalue weighted by molar-refractivity contribution is 0.0734. The lowest BCUT2D eigenvalue weighted by Crippen LogP contribution is -2.21. The van der Waals surface area contributed by atoms with Crippen LogP contribution in [0.3, 0.4) is 0 Å². The highest BCUT2D eigenvalue weighted by molar-refractivity contribution is 6.37. The summed E-state index contributed by atoms with van der Waals surface area (Å²) >= 11 is 12.6. The van der Waals surface area contributed by atoms with Crippen molar-refractivity contribution in [3.63, 3.8) is 0 Å². The van der Waals surface area contributed by atoms with Gasteiger partial charge in [0.25, 0.3) is 0 Å². The van der Waals surface area contributed by atoms with Crippen LogP contribution < -0.4 is 29.4 Å². The van der Waals surface area contributed by atoms with E-state index in [1.807, 2.05) is 25.1 Å². The Labute approximate surface area is 268 Å². The number of nitrogens with zero attached hydrogens (tertiary/aromatic N) is 1. The molecule has 1 aliphatic heterocycles. The van der Waals surface area contributed by atoms with Crippen LogP contribution in [0.2, 0.25) is 10.0 Å². The van der Waals surface area contributed by atoms with Gasteiger partial charge in [-0.05, 0) is 48.7 Å². The van der Waals surface area contributed by atoms with Crippen molar-refractivity contribution in [1.82, 2.24) is 0 Å². The number of hydrogen-bond donors (Lipinski definition) is 1. The number of fused-ring (bicyclic) bond motifs is 1. The van der Waals surface area contributed by atoms with Gasteiger partial charge in [-0.2, -0.15) is 5.26 Å². The molecule has 1 aliphatic rings. The summed E-state index contributed by atoms with van der Waals surface area (Å²) in [4.78, 5) is 13.0. The second-order valence-corrected chi connectivity index (χ2v) is 11.1. The van der Waals surface area contributed by atoms with E-state index in [0.29, 0.717) is 41.8 Å². The summed E-state index contributed by atoms with van der Waals surface area (Å²) < 4.78 is 28.6. The molecule has 0 spiro atoms. The molecule has 8 nitrogen and oxygen atoms in total. The summed E-state index contributed by atoms with van der Waals surface area (Å²) in [5.74, 6) is 0.794. The number of ether oxygens (including phenoxy) is 5. The Morgan fingerprint density at radius 1 is 0.932 bits per heavy atom. The van der Waals surface area contributed by atoms with Crippen molar-refractivity contribution in [3.05, 3.63) is 86.7 Å². The maximum atomic E-state index is 13.0. The highest BCUT2D eigenvalue weighted by Crippen LogP contribution is 2.45. The SMILES string of the molecule is CCCCCCCOc1ccc(C2C(C#N)=C(N)Oc3cc(OC(=O)c4cc(Cl)c(OCCC)c(Cl)c4)ccc32)cc1OC. The van der Waals surface area contributed by atoms with E-state index >= 15 is 0 Å². The fourth-order valence-corrected chi connectivity index (χ4v) is 5.49. The Kier molecular flexibility index (Phi) is 11.6. The predicted molar refractivity (Wildman–Crippen MR) is 170 cm³/mol. The zero-order chi connectivity index (χ0) is 31.6. The fraction of sp³-hybridized carbons (Fsp3) is 0.353. The van der Waals surface area contributed by atoms with Crippen LogP contribution in [-0.4, -0.2) is 26.3 Å². The zero-order valence-corrected chi connectivity index (χ0v) is 26.6. The summed E-state index contributed by atoms with van der Waals surface area (Å²) in [5.41, 5.74) is 8.05. The summed E-state index contributed by atoms with van der Waals surface area (Å²) in [6, 6.07) is 15.5. The van der Waals surface area contributed by atoms with Crippen molar-refractivity contribution in [3.8, 4) is 34.8 Å². The Morgan fingerprint density at radius 3 is 2.36 bits per heavy atom. The largest absolute Gasteiger partial charge is 0.493 e. The molecule has 3 aromatic carbocycles. The smallest absolute Gasteiger partial charge is 0.343 e. The first-order valence-corrected chi connectivity index (χ1v) is 15.4. The van der Waals surface area contributed by atoms with E-state index in [9.17, 15) is 10.1 Å². The van der Waals surface area contributed by atoms with E-state index in [1.54, 1.807) is 25.3 Å². The first kappa shape index (κ1) is 32.8. The minimum atomic E-state index is -0.671. The number of carbonyl (C=O) groups is 1. The van der Waals surface area contributed by atoms with Gasteiger partial charge in [0.1, 0.15) is 23.1 Å². The van der Waals surface area contributed by atoms with Crippen molar-refractivity contribution in [1.29, 1.82) is 5.26 Å². The summed E-state index contributed by atoms with van der Waals surface area (Å²) in [5, 5.41) is 10.4. The molecule has 0 amide bonds. The molecular formula is C34H36Cl2N2O6. The number of allylic oxidation sites excluding steroid dienone is 1. The number of hydrogen-bond acceptors (Lipinski definition) is 8. The number of methoxy groups -OCH3 is 1. The van der Waals surface area contributed by atoms with E-state index < -0.39 is 11.9 Å². The molecule has 0 radical (unpaired) electrons. The molecule has 1 atom stereocenters. The number of halogens is 2. The lowest BCUT2D eigenvalue weighted by atomic mass is 9.83. The molecule has 1 unspecified atom stereocenters. The van der Waals surface area contributed by atoms with Crippen molar-refractivity contribution in [2.75, 3.05) is 20.3 Å². The minimum Gasteiger partial charge on any atom is -0.493 e. The van der Waals surface area contributed by atoms with Gasteiger partial charge < -0.3 is 29.4 Å². The van der Waals surface area contributed by atoms with Crippen LogP contribution in [0, 0.1) is 11.3 Å². The van der Waals surface area contributed by atoms with Gasteiger partial charge in [-0.25, -0.2) is 4.79 Å². The molecule has 0 bridgehead atoms. The second-order valence-electron chi connectivity index (χ2n) is 10.3. The summed E-state index contributed by atoms with van der Waals surface area (Å²) in [7, 11) is 1.58. The lowest BCUT2D eigenvalue weighted by Gasteiger charge is -2.27. The number of carbonyl (C=O) groups excluding carboxylic acids is 1. The van der Waals surface area contributed by atoms with Crippen LogP contribution in [0.1, 0.15) is 79.8 Å². The van der Waals surface area contributed by atoms with Crippen molar-refractivity contribution < 1.29 is 28.5 Å². The molecule has 0 saturated heterocycles. The van der Waals surface area contributed by atoms with Crippen LogP contribution >= 0.6 is 23.2 Å². The molecule has 1 heterocycles. The van der Waals surface area contributed by atoms with Crippen LogP contribution in [0.15, 0.2) is 60.0 Å². The highest BCUT2D eigenvalue weighted by atomic mass is 35.5. The molecule has 4 rings (SSSR count). The molecule has 0 aliphatic carbocycles. The maximum Gasteiger partial charge on any atom is 0.343 e. The highest BCUT2D eigenvalue weighted by Gasteiger charge is 2.32. The monoisotopic (exact) mass is 638 g/mol. The number of unbranched alkanes of at least 4 members (excludes halogenated alkanes) is 4. The normalized spacial score (nSPS) is 13.9. The first-order chi connectivity index (χ1) is 21.3. The number of esters is 1. The van der Waals surface area contributed by atoms with Gasteiger partial charge in [0.15, 0.2) is 17.2 Å². The van der Waals surface area contributed by atoms with Crippen LogP contribution in [-0.2, 0) is 0 Å². The third kappa shape index (κ3) is 7.71. The molecular weight excluding hydrogens is 603 g/mol. The number of nitriles is 1. The Hall–Kier alpha value is -4.06. The van der Waals surface area contributed by atoms with E-state index in [4.69, 9.17) is 52.6 Å². The van der Waals surface area contributed by atoms with E-state index in [-0.39, 0.29) is 32.8 Å². The fourth-order valence-electron chi connectivity index (χ4n) is 4.90. The minimum absolute atomic E-state index is 0.0407. The molecule has 10 heteroatoms. The average molecular weight is 640 g/mol. The summed E-state index contributed by atoms with van der Waals surface area (Å²) in [6.45, 7) is 5.18. The number of rotatable bonds is 14. The third-order valence-electron chi connectivity index (χ3n) is 7.11. The maximum absolute atomic E-state index is 13.0. The summed E-state index contributed by atoms with van der Waals surface area (Å²) in [6.07, 6.45) is 6.45. The van der Waals surface area contributed by atoms with Gasteiger partial charge in [-0.1, -0.05) is 74.9 Å². The van der Waals surface area contributed by atoms with E-state index in [2.05, 4.69) is 13.0 Å². The molecule has 44 heavy (non-hydrogen) atoms. The molecule has 3 aromatic rings. The predicted octanol–water partition coefficient (Wildman–Crippen LogP) is 8.58. The van der Waals surface area contributed by atoms with Gasteiger partial charge in [-0.15, -0.1) is 0 Å². The Balaban J connectivity index is 1.56. The zero-order valence-electron chi connectivity index (χ0n) is 25.1. The molecule has 0 saturated carbocycles. The first-order valence-electron chi connectivity index (χ1n) is 14.7. The molecule has 232 valence electrons. The standard InChI is InChI=1S/C34H36Cl2N2O6/c1-4-6-7-8-9-15-41-28-13-10-21(18-30(28)40-3)31-24-12-11-23(19-29(24)44-33(38)25(31)20-37)43-34(39)22-16-26(35)32(27(36)17-22)42-14-5-2/h10-13,16-19,31H,4-9,14-15,38H2,1-3H3. The van der Waals surface area contributed by atoms with E-state index in [1.165, 1.54) is 31.4 Å². The topological polar surface area (TPSA) is 113 Å². The van der Waals surface area contributed by atoms with Crippen LogP contribution in [0.4, 0.5) is 0 Å². The molecule has 0 fully saturated rings. The second kappa shape index (κ2) is 15.6. The van der Waals surface area contributed by atoms with Crippen molar-refractivity contribution >= 4 is 29.2 Å². The van der Waals surface area contributed by atoms with Gasteiger partial charge in [0, 0.05) is 11.6 Å². The van der Waals surface area contributed by atoms with Crippen LogP contribution in [0.25, 0.3) is 0 Å². The van der Waals surface area contributed by atoms with Gasteiger partial charge >= 0.3 is 5.97 Å². The van der Waals surface area contributed by atoms with Gasteiger partial charge in [-0.3, -0.25) is 0 Å². The van der Waals surface area contributed by atoms with Gasteiger partial charge in [0.2, 0.25) is 5.88 Å². The van der Waals surface area contributed by atoms with Gasteiger partial charge in [0.05, 0.1) is 41.9 Å². The Bertz CT molecular complexity index is 1540. The molecule has 0 aromatic heterocycles. The average Bonchev–Trinajstić information content (AvgIpc) is 3.01. The van der Waals surface area contributed by atoms with Crippen LogP contribution in [0.5, 0.6) is 28.7 Å².